The topological polar surface area (TPSA) is 35.5 Å². The van der Waals surface area contributed by atoms with Crippen LogP contribution in [-0.4, -0.2) is 28.0 Å². The normalized spacial score (nSPS) is 37.9. The summed E-state index contributed by atoms with van der Waals surface area (Å²) < 4.78 is 10.6. The summed E-state index contributed by atoms with van der Waals surface area (Å²) in [7, 11) is 0.0881. The molecule has 4 heteroatoms. The van der Waals surface area contributed by atoms with Gasteiger partial charge >= 0.3 is 5.97 Å². The maximum atomic E-state index is 11.3. The summed E-state index contributed by atoms with van der Waals surface area (Å²) in [6.07, 6.45) is 2.19. The summed E-state index contributed by atoms with van der Waals surface area (Å²) >= 11 is 0. The molecule has 2 aliphatic rings. The number of rotatable bonds is 4. The Hall–Kier alpha value is -0.353. The Labute approximate surface area is 92.3 Å². The minimum atomic E-state index is -1.39. The number of ether oxygens (including phenoxy) is 1. The van der Waals surface area contributed by atoms with E-state index in [1.807, 2.05) is 0 Å². The van der Waals surface area contributed by atoms with Crippen molar-refractivity contribution in [2.24, 2.45) is 17.3 Å². The minimum absolute atomic E-state index is 0.0227. The molecule has 0 heterocycles. The van der Waals surface area contributed by atoms with Gasteiger partial charge in [0.05, 0.1) is 13.0 Å². The first-order valence-corrected chi connectivity index (χ1v) is 9.02. The number of esters is 1. The SMILES string of the molecule is COC(=O)C1CC12CC2CO[Si](C)(C)C. The van der Waals surface area contributed by atoms with E-state index in [9.17, 15) is 4.79 Å². The Morgan fingerprint density at radius 3 is 2.60 bits per heavy atom. The fourth-order valence-corrected chi connectivity index (χ4v) is 3.13. The average molecular weight is 228 g/mol. The standard InChI is InChI=1S/C11H20O3Si/c1-13-10(12)9-6-11(9)5-8(11)7-14-15(2,3)4/h8-9H,5-7H2,1-4H3. The van der Waals surface area contributed by atoms with Crippen LogP contribution in [-0.2, 0) is 14.0 Å². The smallest absolute Gasteiger partial charge is 0.309 e. The molecule has 3 nitrogen and oxygen atoms in total. The maximum absolute atomic E-state index is 11.3. The predicted molar refractivity (Wildman–Crippen MR) is 60.0 cm³/mol. The highest BCUT2D eigenvalue weighted by Gasteiger charge is 2.73. The first-order chi connectivity index (χ1) is 6.89. The maximum Gasteiger partial charge on any atom is 0.309 e. The van der Waals surface area contributed by atoms with Crippen molar-refractivity contribution in [2.45, 2.75) is 32.5 Å². The molecule has 2 saturated carbocycles. The Bertz CT molecular complexity index is 284. The largest absolute Gasteiger partial charge is 0.469 e. The molecular formula is C11H20O3Si. The van der Waals surface area contributed by atoms with E-state index in [0.717, 1.165) is 19.4 Å². The highest BCUT2D eigenvalue weighted by atomic mass is 28.4. The molecule has 3 atom stereocenters. The van der Waals surface area contributed by atoms with Gasteiger partial charge in [0.15, 0.2) is 8.32 Å². The molecule has 2 rings (SSSR count). The molecule has 0 N–H and O–H groups in total. The molecular weight excluding hydrogens is 208 g/mol. The number of carbonyl (C=O) groups excluding carboxylic acids is 1. The lowest BCUT2D eigenvalue weighted by Crippen LogP contribution is -2.26. The van der Waals surface area contributed by atoms with Crippen molar-refractivity contribution in [3.63, 3.8) is 0 Å². The van der Waals surface area contributed by atoms with E-state index in [4.69, 9.17) is 9.16 Å². The van der Waals surface area contributed by atoms with Crippen LogP contribution in [0, 0.1) is 17.3 Å². The number of methoxy groups -OCH3 is 1. The molecule has 86 valence electrons. The van der Waals surface area contributed by atoms with E-state index < -0.39 is 8.32 Å². The van der Waals surface area contributed by atoms with Gasteiger partial charge < -0.3 is 9.16 Å². The van der Waals surface area contributed by atoms with Crippen LogP contribution in [0.1, 0.15) is 12.8 Å². The zero-order valence-corrected chi connectivity index (χ0v) is 11.0. The molecule has 0 aliphatic heterocycles. The first-order valence-electron chi connectivity index (χ1n) is 5.61. The second kappa shape index (κ2) is 3.32. The van der Waals surface area contributed by atoms with Gasteiger partial charge in [-0.2, -0.15) is 0 Å². The molecule has 15 heavy (non-hydrogen) atoms. The molecule has 2 fully saturated rings. The zero-order valence-electron chi connectivity index (χ0n) is 10.0. The van der Waals surface area contributed by atoms with Crippen LogP contribution in [0.3, 0.4) is 0 Å². The van der Waals surface area contributed by atoms with E-state index in [2.05, 4.69) is 19.6 Å². The van der Waals surface area contributed by atoms with Gasteiger partial charge in [-0.25, -0.2) is 0 Å². The molecule has 0 saturated heterocycles. The summed E-state index contributed by atoms with van der Waals surface area (Å²) in [5.74, 6) is 0.775. The molecule has 0 radical (unpaired) electrons. The molecule has 0 aromatic heterocycles. The van der Waals surface area contributed by atoms with Crippen molar-refractivity contribution < 1.29 is 14.0 Å². The Morgan fingerprint density at radius 1 is 1.40 bits per heavy atom. The fraction of sp³-hybridized carbons (Fsp3) is 0.909. The van der Waals surface area contributed by atoms with Crippen molar-refractivity contribution in [1.82, 2.24) is 0 Å². The van der Waals surface area contributed by atoms with Gasteiger partial charge in [-0.1, -0.05) is 0 Å². The molecule has 0 aromatic carbocycles. The molecule has 0 amide bonds. The van der Waals surface area contributed by atoms with Gasteiger partial charge in [0, 0.05) is 6.61 Å². The monoisotopic (exact) mass is 228 g/mol. The highest BCUT2D eigenvalue weighted by Crippen LogP contribution is 2.74. The second-order valence-electron chi connectivity index (χ2n) is 5.84. The zero-order chi connectivity index (χ0) is 11.3. The van der Waals surface area contributed by atoms with Crippen LogP contribution < -0.4 is 0 Å². The van der Waals surface area contributed by atoms with Crippen molar-refractivity contribution in [3.05, 3.63) is 0 Å². The van der Waals surface area contributed by atoms with Crippen LogP contribution in [0.5, 0.6) is 0 Å². The van der Waals surface area contributed by atoms with E-state index >= 15 is 0 Å². The Morgan fingerprint density at radius 2 is 2.07 bits per heavy atom. The van der Waals surface area contributed by atoms with Gasteiger partial charge in [-0.05, 0) is 43.8 Å². The van der Waals surface area contributed by atoms with Crippen LogP contribution in [0.15, 0.2) is 0 Å². The van der Waals surface area contributed by atoms with Gasteiger partial charge in [-0.15, -0.1) is 0 Å². The molecule has 2 aliphatic carbocycles. The van der Waals surface area contributed by atoms with Gasteiger partial charge in [0.1, 0.15) is 0 Å². The summed E-state index contributed by atoms with van der Waals surface area (Å²) in [5.41, 5.74) is 0.298. The van der Waals surface area contributed by atoms with Gasteiger partial charge in [0.2, 0.25) is 0 Å². The molecule has 0 aromatic rings. The number of carbonyl (C=O) groups is 1. The lowest BCUT2D eigenvalue weighted by Gasteiger charge is -2.16. The molecule has 0 bridgehead atoms. The summed E-state index contributed by atoms with van der Waals surface area (Å²) in [6.45, 7) is 7.45. The fourth-order valence-electron chi connectivity index (χ4n) is 2.43. The van der Waals surface area contributed by atoms with E-state index in [1.165, 1.54) is 7.11 Å². The van der Waals surface area contributed by atoms with E-state index in [-0.39, 0.29) is 11.9 Å². The third kappa shape index (κ3) is 2.11. The van der Waals surface area contributed by atoms with Crippen LogP contribution in [0.2, 0.25) is 19.6 Å². The van der Waals surface area contributed by atoms with Crippen LogP contribution in [0.4, 0.5) is 0 Å². The van der Waals surface area contributed by atoms with Crippen molar-refractivity contribution in [1.29, 1.82) is 0 Å². The van der Waals surface area contributed by atoms with Gasteiger partial charge in [-0.3, -0.25) is 4.79 Å². The third-order valence-corrected chi connectivity index (χ3v) is 4.63. The second-order valence-corrected chi connectivity index (χ2v) is 10.4. The van der Waals surface area contributed by atoms with Crippen molar-refractivity contribution in [2.75, 3.05) is 13.7 Å². The van der Waals surface area contributed by atoms with E-state index in [0.29, 0.717) is 11.3 Å². The molecule has 3 unspecified atom stereocenters. The Balaban J connectivity index is 1.76. The third-order valence-electron chi connectivity index (χ3n) is 3.60. The minimum Gasteiger partial charge on any atom is -0.469 e. The lowest BCUT2D eigenvalue weighted by molar-refractivity contribution is -0.142. The van der Waals surface area contributed by atoms with Crippen molar-refractivity contribution in [3.8, 4) is 0 Å². The highest BCUT2D eigenvalue weighted by molar-refractivity contribution is 6.69. The summed E-state index contributed by atoms with van der Waals surface area (Å²) in [5, 5.41) is 0. The van der Waals surface area contributed by atoms with Gasteiger partial charge in [0.25, 0.3) is 0 Å². The average Bonchev–Trinajstić information content (AvgIpc) is 3.01. The number of hydrogen-bond donors (Lipinski definition) is 0. The quantitative estimate of drug-likeness (QED) is 0.545. The van der Waals surface area contributed by atoms with E-state index in [1.54, 1.807) is 0 Å². The Kier molecular flexibility index (Phi) is 2.46. The van der Waals surface area contributed by atoms with Crippen LogP contribution >= 0.6 is 0 Å². The lowest BCUT2D eigenvalue weighted by atomic mass is 10.2. The van der Waals surface area contributed by atoms with Crippen LogP contribution in [0.25, 0.3) is 0 Å². The number of hydrogen-bond acceptors (Lipinski definition) is 3. The molecule has 1 spiro atoms. The summed E-state index contributed by atoms with van der Waals surface area (Å²) in [6, 6.07) is 0. The predicted octanol–water partition coefficient (Wildman–Crippen LogP) is 2.04. The van der Waals surface area contributed by atoms with Crippen molar-refractivity contribution >= 4 is 14.3 Å². The summed E-state index contributed by atoms with van der Waals surface area (Å²) in [4.78, 5) is 11.3. The first kappa shape index (κ1) is 11.1.